The number of carbonyl (C=O) groups excluding carboxylic acids is 1. The summed E-state index contributed by atoms with van der Waals surface area (Å²) in [4.78, 5) is 13.9. The number of hydrogen-bond acceptors (Lipinski definition) is 3. The van der Waals surface area contributed by atoms with Gasteiger partial charge in [0, 0.05) is 12.1 Å². The zero-order valence-electron chi connectivity index (χ0n) is 10.8. The van der Waals surface area contributed by atoms with Crippen LogP contribution in [-0.4, -0.2) is 40.9 Å². The van der Waals surface area contributed by atoms with Crippen LogP contribution in [0.25, 0.3) is 0 Å². The van der Waals surface area contributed by atoms with Gasteiger partial charge in [-0.1, -0.05) is 6.08 Å². The first-order valence-corrected chi connectivity index (χ1v) is 6.91. The molecule has 0 aromatic carbocycles. The van der Waals surface area contributed by atoms with Gasteiger partial charge in [-0.25, -0.2) is 0 Å². The average molecular weight is 244 g/mol. The second-order valence-corrected chi connectivity index (χ2v) is 5.78. The number of nitrogens with zero attached hydrogens (tertiary/aromatic N) is 1. The molecule has 0 radical (unpaired) electrons. The van der Waals surface area contributed by atoms with E-state index in [1.165, 1.54) is 0 Å². The Bertz CT molecular complexity index is 236. The zero-order chi connectivity index (χ0) is 12.8. The Labute approximate surface area is 103 Å². The molecule has 94 valence electrons. The summed E-state index contributed by atoms with van der Waals surface area (Å²) >= 11 is 1.71. The van der Waals surface area contributed by atoms with Gasteiger partial charge >= 0.3 is 0 Å². The molecule has 0 rings (SSSR count). The van der Waals surface area contributed by atoms with Crippen molar-refractivity contribution < 1.29 is 4.79 Å². The van der Waals surface area contributed by atoms with Crippen LogP contribution in [0.1, 0.15) is 27.2 Å². The van der Waals surface area contributed by atoms with Crippen molar-refractivity contribution in [1.29, 1.82) is 0 Å². The average Bonchev–Trinajstić information content (AvgIpc) is 2.19. The maximum Gasteiger partial charge on any atom is 0.240 e. The van der Waals surface area contributed by atoms with Crippen LogP contribution in [0.15, 0.2) is 12.7 Å². The maximum atomic E-state index is 12.1. The molecular formula is C12H24N2OS. The van der Waals surface area contributed by atoms with Crippen LogP contribution in [0.4, 0.5) is 0 Å². The summed E-state index contributed by atoms with van der Waals surface area (Å²) in [5, 5.41) is 0. The standard InChI is InChI=1S/C12H24N2OS/c1-6-8-14(12(2,3)4)11(15)10(13)7-9-16-5/h6,10H,1,7-9,13H2,2-5H3/t10-/m0/s1. The van der Waals surface area contributed by atoms with E-state index in [0.717, 1.165) is 12.2 Å². The zero-order valence-corrected chi connectivity index (χ0v) is 11.6. The van der Waals surface area contributed by atoms with Crippen LogP contribution < -0.4 is 5.73 Å². The Morgan fingerprint density at radius 1 is 1.56 bits per heavy atom. The van der Waals surface area contributed by atoms with Gasteiger partial charge in [0.15, 0.2) is 0 Å². The molecule has 0 spiro atoms. The molecule has 0 aliphatic carbocycles. The van der Waals surface area contributed by atoms with E-state index in [0.29, 0.717) is 6.54 Å². The SMILES string of the molecule is C=CCN(C(=O)[C@@H](N)CCSC)C(C)(C)C. The third-order valence-corrected chi connectivity index (χ3v) is 2.98. The summed E-state index contributed by atoms with van der Waals surface area (Å²) in [7, 11) is 0. The Morgan fingerprint density at radius 3 is 2.50 bits per heavy atom. The largest absolute Gasteiger partial charge is 0.333 e. The third-order valence-electron chi connectivity index (χ3n) is 2.34. The van der Waals surface area contributed by atoms with Gasteiger partial charge in [0.05, 0.1) is 6.04 Å². The highest BCUT2D eigenvalue weighted by atomic mass is 32.2. The third kappa shape index (κ3) is 5.03. The lowest BCUT2D eigenvalue weighted by Gasteiger charge is -2.36. The van der Waals surface area contributed by atoms with Crippen molar-refractivity contribution >= 4 is 17.7 Å². The molecule has 0 heterocycles. The molecule has 0 fully saturated rings. The lowest BCUT2D eigenvalue weighted by Crippen LogP contribution is -2.52. The summed E-state index contributed by atoms with van der Waals surface area (Å²) < 4.78 is 0. The molecule has 0 saturated carbocycles. The number of carbonyl (C=O) groups is 1. The fourth-order valence-corrected chi connectivity index (χ4v) is 1.88. The van der Waals surface area contributed by atoms with Gasteiger partial charge in [-0.05, 0) is 39.2 Å². The molecule has 1 atom stereocenters. The summed E-state index contributed by atoms with van der Waals surface area (Å²) in [6, 6.07) is -0.397. The van der Waals surface area contributed by atoms with E-state index < -0.39 is 6.04 Å². The Hall–Kier alpha value is -0.480. The summed E-state index contributed by atoms with van der Waals surface area (Å²) in [6.45, 7) is 10.3. The second-order valence-electron chi connectivity index (χ2n) is 4.80. The van der Waals surface area contributed by atoms with E-state index in [-0.39, 0.29) is 11.4 Å². The fraction of sp³-hybridized carbons (Fsp3) is 0.750. The highest BCUT2D eigenvalue weighted by Gasteiger charge is 2.28. The maximum absolute atomic E-state index is 12.1. The molecule has 3 nitrogen and oxygen atoms in total. The Kier molecular flexibility index (Phi) is 6.76. The number of hydrogen-bond donors (Lipinski definition) is 1. The minimum absolute atomic E-state index is 0.0152. The summed E-state index contributed by atoms with van der Waals surface area (Å²) in [6.07, 6.45) is 4.48. The van der Waals surface area contributed by atoms with Gasteiger partial charge in [0.2, 0.25) is 5.91 Å². The van der Waals surface area contributed by atoms with Crippen LogP contribution in [0.3, 0.4) is 0 Å². The highest BCUT2D eigenvalue weighted by molar-refractivity contribution is 7.98. The second kappa shape index (κ2) is 6.97. The topological polar surface area (TPSA) is 46.3 Å². The van der Waals surface area contributed by atoms with Crippen molar-refractivity contribution in [3.63, 3.8) is 0 Å². The molecule has 0 bridgehead atoms. The first kappa shape index (κ1) is 15.5. The van der Waals surface area contributed by atoms with Gasteiger partial charge < -0.3 is 10.6 Å². The molecule has 1 amide bonds. The van der Waals surface area contributed by atoms with Crippen molar-refractivity contribution in [2.75, 3.05) is 18.6 Å². The van der Waals surface area contributed by atoms with E-state index >= 15 is 0 Å². The summed E-state index contributed by atoms with van der Waals surface area (Å²) in [5.74, 6) is 0.931. The number of nitrogens with two attached hydrogens (primary N) is 1. The smallest absolute Gasteiger partial charge is 0.240 e. The van der Waals surface area contributed by atoms with E-state index in [4.69, 9.17) is 5.73 Å². The van der Waals surface area contributed by atoms with Crippen molar-refractivity contribution in [3.05, 3.63) is 12.7 Å². The monoisotopic (exact) mass is 244 g/mol. The molecule has 0 aromatic heterocycles. The van der Waals surface area contributed by atoms with Gasteiger partial charge in [-0.2, -0.15) is 11.8 Å². The van der Waals surface area contributed by atoms with Crippen molar-refractivity contribution in [2.45, 2.75) is 38.8 Å². The molecule has 0 unspecified atom stereocenters. The molecule has 16 heavy (non-hydrogen) atoms. The van der Waals surface area contributed by atoms with E-state index in [1.807, 2.05) is 27.0 Å². The van der Waals surface area contributed by atoms with Gasteiger partial charge in [-0.3, -0.25) is 4.79 Å². The van der Waals surface area contributed by atoms with E-state index in [1.54, 1.807) is 22.7 Å². The minimum atomic E-state index is -0.397. The molecule has 4 heteroatoms. The van der Waals surface area contributed by atoms with Gasteiger partial charge in [0.25, 0.3) is 0 Å². The first-order valence-electron chi connectivity index (χ1n) is 5.51. The number of thioether (sulfide) groups is 1. The van der Waals surface area contributed by atoms with Gasteiger partial charge in [-0.15, -0.1) is 6.58 Å². The van der Waals surface area contributed by atoms with Crippen LogP contribution in [-0.2, 0) is 4.79 Å². The number of amides is 1. The minimum Gasteiger partial charge on any atom is -0.333 e. The van der Waals surface area contributed by atoms with Crippen LogP contribution in [0.2, 0.25) is 0 Å². The van der Waals surface area contributed by atoms with Crippen molar-refractivity contribution in [2.24, 2.45) is 5.73 Å². The molecule has 2 N–H and O–H groups in total. The van der Waals surface area contributed by atoms with E-state index in [2.05, 4.69) is 6.58 Å². The van der Waals surface area contributed by atoms with Crippen molar-refractivity contribution in [1.82, 2.24) is 4.90 Å². The fourth-order valence-electron chi connectivity index (χ4n) is 1.39. The van der Waals surface area contributed by atoms with Crippen molar-refractivity contribution in [3.8, 4) is 0 Å². The predicted octanol–water partition coefficient (Wildman–Crippen LogP) is 1.88. The molecule has 0 aliphatic heterocycles. The Morgan fingerprint density at radius 2 is 2.12 bits per heavy atom. The van der Waals surface area contributed by atoms with E-state index in [9.17, 15) is 4.79 Å². The summed E-state index contributed by atoms with van der Waals surface area (Å²) in [5.41, 5.74) is 5.69. The lowest BCUT2D eigenvalue weighted by molar-refractivity contribution is -0.136. The normalized spacial score (nSPS) is 13.3. The molecule has 0 saturated heterocycles. The van der Waals surface area contributed by atoms with Gasteiger partial charge in [0.1, 0.15) is 0 Å². The molecular weight excluding hydrogens is 220 g/mol. The molecule has 0 aliphatic rings. The lowest BCUT2D eigenvalue weighted by atomic mass is 10.0. The first-order chi connectivity index (χ1) is 7.34. The van der Waals surface area contributed by atoms with Crippen LogP contribution in [0, 0.1) is 0 Å². The molecule has 0 aromatic rings. The highest BCUT2D eigenvalue weighted by Crippen LogP contribution is 2.15. The predicted molar refractivity (Wildman–Crippen MR) is 72.6 cm³/mol. The van der Waals surface area contributed by atoms with Crippen LogP contribution in [0.5, 0.6) is 0 Å². The quantitative estimate of drug-likeness (QED) is 0.726. The Balaban J connectivity index is 4.54. The van der Waals surface area contributed by atoms with Crippen LogP contribution >= 0.6 is 11.8 Å². The number of rotatable bonds is 6.